The Balaban J connectivity index is 0.000000171. The molecule has 1 aromatic carbocycles. The minimum absolute atomic E-state index is 0.593. The second-order valence-corrected chi connectivity index (χ2v) is 2.82. The lowest BCUT2D eigenvalue weighted by Crippen LogP contribution is -1.63. The van der Waals surface area contributed by atoms with Crippen LogP contribution in [0.2, 0.25) is 0 Å². The zero-order chi connectivity index (χ0) is 10.2. The Labute approximate surface area is 88.0 Å². The molecule has 0 radical (unpaired) electrons. The molecule has 3 nitrogen and oxygen atoms in total. The van der Waals surface area contributed by atoms with Crippen molar-refractivity contribution in [1.82, 2.24) is 10.2 Å². The van der Waals surface area contributed by atoms with Crippen LogP contribution < -0.4 is 0 Å². The standard InChI is InChI=1S/C7H6N2.C3H5NS/c1-2-4-7-6(3-1)5-8-9-7;1-2-3-4-5/h1-5H,(H,8,9);2H,1,3H2. The van der Waals surface area contributed by atoms with Gasteiger partial charge in [0.15, 0.2) is 0 Å². The zero-order valence-electron chi connectivity index (χ0n) is 7.68. The van der Waals surface area contributed by atoms with Crippen molar-refractivity contribution in [3.05, 3.63) is 43.1 Å². The van der Waals surface area contributed by atoms with Gasteiger partial charge in [0.25, 0.3) is 0 Å². The van der Waals surface area contributed by atoms with E-state index in [-0.39, 0.29) is 0 Å². The Hall–Kier alpha value is -1.55. The number of para-hydroxylation sites is 1. The molecular formula is C10H11N3S. The number of nitrogens with one attached hydrogen (secondary N) is 1. The van der Waals surface area contributed by atoms with E-state index in [1.165, 1.54) is 0 Å². The van der Waals surface area contributed by atoms with Crippen molar-refractivity contribution in [3.63, 3.8) is 0 Å². The molecule has 0 amide bonds. The second kappa shape index (κ2) is 5.99. The molecular weight excluding hydrogens is 194 g/mol. The lowest BCUT2D eigenvalue weighted by atomic mass is 10.3. The van der Waals surface area contributed by atoms with Gasteiger partial charge in [-0.05, 0) is 6.07 Å². The van der Waals surface area contributed by atoms with Crippen molar-refractivity contribution >= 4 is 23.3 Å². The van der Waals surface area contributed by atoms with Gasteiger partial charge in [-0.2, -0.15) is 5.10 Å². The van der Waals surface area contributed by atoms with Gasteiger partial charge in [-0.3, -0.25) is 5.10 Å². The average Bonchev–Trinajstić information content (AvgIpc) is 2.67. The molecule has 1 N–H and O–H groups in total. The molecule has 0 aliphatic carbocycles. The topological polar surface area (TPSA) is 41.0 Å². The number of benzene rings is 1. The molecule has 14 heavy (non-hydrogen) atoms. The third-order valence-electron chi connectivity index (χ3n) is 1.55. The lowest BCUT2D eigenvalue weighted by molar-refractivity contribution is 1.12. The Morgan fingerprint density at radius 3 is 2.86 bits per heavy atom. The second-order valence-electron chi connectivity index (χ2n) is 2.56. The van der Waals surface area contributed by atoms with Crippen LogP contribution in [-0.2, 0) is 12.4 Å². The van der Waals surface area contributed by atoms with E-state index < -0.39 is 0 Å². The van der Waals surface area contributed by atoms with E-state index in [1.54, 1.807) is 6.08 Å². The van der Waals surface area contributed by atoms with Crippen molar-refractivity contribution in [3.8, 4) is 0 Å². The molecule has 4 heteroatoms. The number of fused-ring (bicyclic) bond motifs is 1. The number of hydrogen-bond acceptors (Lipinski definition) is 3. The van der Waals surface area contributed by atoms with Crippen LogP contribution in [0, 0.1) is 0 Å². The van der Waals surface area contributed by atoms with Crippen molar-refractivity contribution in [2.45, 2.75) is 0 Å². The fourth-order valence-corrected chi connectivity index (χ4v) is 1.04. The largest absolute Gasteiger partial charge is 0.278 e. The molecule has 0 spiro atoms. The van der Waals surface area contributed by atoms with E-state index >= 15 is 0 Å². The molecule has 0 aliphatic heterocycles. The summed E-state index contributed by atoms with van der Waals surface area (Å²) in [6.07, 6.45) is 3.47. The molecule has 2 rings (SSSR count). The summed E-state index contributed by atoms with van der Waals surface area (Å²) in [4.78, 5) is 0. The Kier molecular flexibility index (Phi) is 4.50. The Morgan fingerprint density at radius 1 is 1.50 bits per heavy atom. The molecule has 72 valence electrons. The highest BCUT2D eigenvalue weighted by atomic mass is 32.1. The molecule has 0 unspecified atom stereocenters. The minimum atomic E-state index is 0.593. The SMILES string of the molecule is C=CCN=S.c1ccc2[nH]ncc2c1. The van der Waals surface area contributed by atoms with Crippen LogP contribution in [0.1, 0.15) is 0 Å². The first kappa shape index (κ1) is 10.5. The van der Waals surface area contributed by atoms with Crippen molar-refractivity contribution in [1.29, 1.82) is 0 Å². The molecule has 0 bridgehead atoms. The number of aromatic amines is 1. The minimum Gasteiger partial charge on any atom is -0.278 e. The predicted molar refractivity (Wildman–Crippen MR) is 61.0 cm³/mol. The van der Waals surface area contributed by atoms with Crippen LogP contribution >= 0.6 is 0 Å². The van der Waals surface area contributed by atoms with E-state index in [0.717, 1.165) is 10.9 Å². The Morgan fingerprint density at radius 2 is 2.29 bits per heavy atom. The number of rotatable bonds is 2. The quantitative estimate of drug-likeness (QED) is 0.765. The third kappa shape index (κ3) is 3.06. The van der Waals surface area contributed by atoms with Crippen LogP contribution in [0.5, 0.6) is 0 Å². The molecule has 2 aromatic rings. The van der Waals surface area contributed by atoms with E-state index in [9.17, 15) is 0 Å². The van der Waals surface area contributed by atoms with Gasteiger partial charge in [-0.15, -0.1) is 6.58 Å². The molecule has 0 saturated heterocycles. The summed E-state index contributed by atoms with van der Waals surface area (Å²) >= 11 is 4.20. The lowest BCUT2D eigenvalue weighted by Gasteiger charge is -1.81. The number of hydrogen-bond donors (Lipinski definition) is 1. The van der Waals surface area contributed by atoms with Gasteiger partial charge in [0.1, 0.15) is 0 Å². The summed E-state index contributed by atoms with van der Waals surface area (Å²) in [6, 6.07) is 8.01. The van der Waals surface area contributed by atoms with Gasteiger partial charge in [0, 0.05) is 17.8 Å². The highest BCUT2D eigenvalue weighted by molar-refractivity contribution is 7.47. The molecule has 1 aromatic heterocycles. The first-order valence-electron chi connectivity index (χ1n) is 4.16. The van der Waals surface area contributed by atoms with E-state index in [4.69, 9.17) is 0 Å². The Bertz CT molecular complexity index is 372. The van der Waals surface area contributed by atoms with Gasteiger partial charge in [0.2, 0.25) is 0 Å². The van der Waals surface area contributed by atoms with Gasteiger partial charge >= 0.3 is 0 Å². The van der Waals surface area contributed by atoms with Crippen molar-refractivity contribution in [2.24, 2.45) is 4.36 Å². The third-order valence-corrected chi connectivity index (χ3v) is 1.70. The van der Waals surface area contributed by atoms with Crippen LogP contribution in [0.4, 0.5) is 0 Å². The number of H-pyrrole nitrogens is 1. The normalized spacial score (nSPS) is 8.86. The summed E-state index contributed by atoms with van der Waals surface area (Å²) in [5, 5.41) is 7.91. The summed E-state index contributed by atoms with van der Waals surface area (Å²) in [7, 11) is 0. The van der Waals surface area contributed by atoms with Crippen molar-refractivity contribution < 1.29 is 0 Å². The summed E-state index contributed by atoms with van der Waals surface area (Å²) in [5.41, 5.74) is 1.09. The molecule has 0 aliphatic rings. The maximum atomic E-state index is 4.20. The van der Waals surface area contributed by atoms with Crippen LogP contribution in [0.15, 0.2) is 47.5 Å². The molecule has 0 saturated carbocycles. The van der Waals surface area contributed by atoms with E-state index in [0.29, 0.717) is 6.54 Å². The van der Waals surface area contributed by atoms with Crippen LogP contribution in [-0.4, -0.2) is 16.7 Å². The van der Waals surface area contributed by atoms with Gasteiger partial charge in [-0.25, -0.2) is 4.36 Å². The molecule has 0 fully saturated rings. The van der Waals surface area contributed by atoms with Crippen molar-refractivity contribution in [2.75, 3.05) is 6.54 Å². The average molecular weight is 205 g/mol. The maximum Gasteiger partial charge on any atom is 0.0699 e. The van der Waals surface area contributed by atoms with E-state index in [1.807, 2.05) is 30.5 Å². The van der Waals surface area contributed by atoms with E-state index in [2.05, 4.69) is 33.6 Å². The number of aromatic nitrogens is 2. The molecule has 0 atom stereocenters. The van der Waals surface area contributed by atoms with Gasteiger partial charge in [0.05, 0.1) is 18.3 Å². The first-order chi connectivity index (χ1) is 6.88. The summed E-state index contributed by atoms with van der Waals surface area (Å²) in [5.74, 6) is 0. The monoisotopic (exact) mass is 205 g/mol. The summed E-state index contributed by atoms with van der Waals surface area (Å²) in [6.45, 7) is 3.98. The molecule has 1 heterocycles. The zero-order valence-corrected chi connectivity index (χ0v) is 8.50. The highest BCUT2D eigenvalue weighted by Crippen LogP contribution is 2.06. The first-order valence-corrected chi connectivity index (χ1v) is 4.53. The van der Waals surface area contributed by atoms with Crippen LogP contribution in [0.25, 0.3) is 10.9 Å². The van der Waals surface area contributed by atoms with Gasteiger partial charge in [-0.1, -0.05) is 24.3 Å². The summed E-state index contributed by atoms with van der Waals surface area (Å²) < 4.78 is 3.32. The fourth-order valence-electron chi connectivity index (χ4n) is 0.935. The predicted octanol–water partition coefficient (Wildman–Crippen LogP) is 2.47. The number of nitrogens with zero attached hydrogens (tertiary/aromatic N) is 2. The smallest absolute Gasteiger partial charge is 0.0699 e. The highest BCUT2D eigenvalue weighted by Gasteiger charge is 1.88. The fraction of sp³-hybridized carbons (Fsp3) is 0.100. The maximum absolute atomic E-state index is 4.20. The van der Waals surface area contributed by atoms with Gasteiger partial charge < -0.3 is 0 Å². The van der Waals surface area contributed by atoms with Crippen LogP contribution in [0.3, 0.4) is 0 Å².